The normalized spacial score (nSPS) is 10.0. The highest BCUT2D eigenvalue weighted by Gasteiger charge is 2.15. The summed E-state index contributed by atoms with van der Waals surface area (Å²) in [5, 5.41) is 10.7. The lowest BCUT2D eigenvalue weighted by Crippen LogP contribution is -1.98. The third kappa shape index (κ3) is 3.37. The Morgan fingerprint density at radius 2 is 2.00 bits per heavy atom. The molecule has 2 rings (SSSR count). The highest BCUT2D eigenvalue weighted by atomic mass is 79.9. The zero-order valence-electron chi connectivity index (χ0n) is 11.1. The average molecular weight is 356 g/mol. The zero-order chi connectivity index (χ0) is 15.4. The van der Waals surface area contributed by atoms with Crippen LogP contribution in [0, 0.1) is 10.1 Å². The minimum absolute atomic E-state index is 0.0298. The number of rotatable bonds is 5. The van der Waals surface area contributed by atoms with E-state index >= 15 is 0 Å². The van der Waals surface area contributed by atoms with Gasteiger partial charge in [-0.05, 0) is 22.0 Å². The maximum atomic E-state index is 10.7. The van der Waals surface area contributed by atoms with E-state index in [9.17, 15) is 10.1 Å². The number of ether oxygens (including phenoxy) is 3. The second-order valence-electron chi connectivity index (χ2n) is 3.70. The minimum atomic E-state index is -0.522. The molecule has 0 aliphatic rings. The van der Waals surface area contributed by atoms with Crippen molar-refractivity contribution in [3.63, 3.8) is 0 Å². The molecule has 0 spiro atoms. The molecule has 1 aromatic carbocycles. The summed E-state index contributed by atoms with van der Waals surface area (Å²) in [5.74, 6) is 0.767. The Kier molecular flexibility index (Phi) is 4.53. The summed E-state index contributed by atoms with van der Waals surface area (Å²) < 4.78 is 16.1. The summed E-state index contributed by atoms with van der Waals surface area (Å²) in [7, 11) is 2.85. The van der Waals surface area contributed by atoms with E-state index in [1.54, 1.807) is 0 Å². The van der Waals surface area contributed by atoms with Gasteiger partial charge < -0.3 is 14.2 Å². The maximum Gasteiger partial charge on any atom is 0.325 e. The van der Waals surface area contributed by atoms with E-state index in [1.807, 2.05) is 0 Å². The lowest BCUT2D eigenvalue weighted by Gasteiger charge is -2.09. The first-order chi connectivity index (χ1) is 10.0. The summed E-state index contributed by atoms with van der Waals surface area (Å²) in [6, 6.07) is 4.00. The summed E-state index contributed by atoms with van der Waals surface area (Å²) in [6.45, 7) is 0. The van der Waals surface area contributed by atoms with Gasteiger partial charge in [-0.25, -0.2) is 4.98 Å². The van der Waals surface area contributed by atoms with E-state index < -0.39 is 4.92 Å². The van der Waals surface area contributed by atoms with Crippen LogP contribution in [0.25, 0.3) is 0 Å². The standard InChI is InChI=1S/C12H10BrN3O5/c1-19-10-5-7(16(17)18)3-4-9(10)21-12-14-6-8(13)11(15-12)20-2/h3-6H,1-2H3. The smallest absolute Gasteiger partial charge is 0.325 e. The predicted molar refractivity (Wildman–Crippen MR) is 76.0 cm³/mol. The van der Waals surface area contributed by atoms with Gasteiger partial charge >= 0.3 is 6.01 Å². The largest absolute Gasteiger partial charge is 0.493 e. The van der Waals surface area contributed by atoms with Gasteiger partial charge in [-0.1, -0.05) is 0 Å². The van der Waals surface area contributed by atoms with Crippen molar-refractivity contribution in [2.75, 3.05) is 14.2 Å². The van der Waals surface area contributed by atoms with Crippen LogP contribution in [-0.4, -0.2) is 29.1 Å². The summed E-state index contributed by atoms with van der Waals surface area (Å²) >= 11 is 3.22. The number of benzene rings is 1. The topological polar surface area (TPSA) is 96.6 Å². The number of aromatic nitrogens is 2. The van der Waals surface area contributed by atoms with E-state index in [0.29, 0.717) is 10.4 Å². The van der Waals surface area contributed by atoms with Crippen molar-refractivity contribution in [3.05, 3.63) is 39.0 Å². The molecule has 21 heavy (non-hydrogen) atoms. The molecule has 0 saturated carbocycles. The monoisotopic (exact) mass is 355 g/mol. The lowest BCUT2D eigenvalue weighted by molar-refractivity contribution is -0.384. The molecule has 8 nitrogen and oxygen atoms in total. The first kappa shape index (κ1) is 15.0. The van der Waals surface area contributed by atoms with Crippen LogP contribution < -0.4 is 14.2 Å². The van der Waals surface area contributed by atoms with Crippen molar-refractivity contribution in [1.29, 1.82) is 0 Å². The van der Waals surface area contributed by atoms with Crippen LogP contribution in [0.1, 0.15) is 0 Å². The Morgan fingerprint density at radius 3 is 2.62 bits per heavy atom. The van der Waals surface area contributed by atoms with Crippen LogP contribution in [0.15, 0.2) is 28.9 Å². The molecule has 1 aromatic heterocycles. The van der Waals surface area contributed by atoms with Gasteiger partial charge in [0, 0.05) is 6.07 Å². The number of hydrogen-bond acceptors (Lipinski definition) is 7. The molecule has 0 atom stereocenters. The zero-order valence-corrected chi connectivity index (χ0v) is 12.7. The van der Waals surface area contributed by atoms with Crippen LogP contribution in [0.4, 0.5) is 5.69 Å². The summed E-state index contributed by atoms with van der Waals surface area (Å²) in [4.78, 5) is 18.2. The number of nitro groups is 1. The van der Waals surface area contributed by atoms with Gasteiger partial charge in [0.15, 0.2) is 11.5 Å². The van der Waals surface area contributed by atoms with Crippen molar-refractivity contribution in [2.45, 2.75) is 0 Å². The van der Waals surface area contributed by atoms with Crippen LogP contribution >= 0.6 is 15.9 Å². The van der Waals surface area contributed by atoms with Crippen molar-refractivity contribution < 1.29 is 19.1 Å². The molecular formula is C12H10BrN3O5. The van der Waals surface area contributed by atoms with Gasteiger partial charge in [-0.3, -0.25) is 10.1 Å². The van der Waals surface area contributed by atoms with E-state index in [4.69, 9.17) is 14.2 Å². The van der Waals surface area contributed by atoms with Gasteiger partial charge in [0.25, 0.3) is 5.69 Å². The molecule has 2 aromatic rings. The molecule has 9 heteroatoms. The fraction of sp³-hybridized carbons (Fsp3) is 0.167. The van der Waals surface area contributed by atoms with Gasteiger partial charge in [-0.2, -0.15) is 4.98 Å². The fourth-order valence-corrected chi connectivity index (χ4v) is 1.83. The second kappa shape index (κ2) is 6.35. The second-order valence-corrected chi connectivity index (χ2v) is 4.56. The molecule has 110 valence electrons. The van der Waals surface area contributed by atoms with Crippen LogP contribution in [0.5, 0.6) is 23.4 Å². The molecule has 0 radical (unpaired) electrons. The number of non-ortho nitro benzene ring substituents is 1. The number of nitrogens with zero attached hydrogens (tertiary/aromatic N) is 3. The molecule has 1 heterocycles. The predicted octanol–water partition coefficient (Wildman–Crippen LogP) is 2.96. The quantitative estimate of drug-likeness (QED) is 0.600. The highest BCUT2D eigenvalue weighted by molar-refractivity contribution is 9.10. The molecule has 0 unspecified atom stereocenters. The Balaban J connectivity index is 2.33. The Bertz CT molecular complexity index is 680. The minimum Gasteiger partial charge on any atom is -0.493 e. The Hall–Kier alpha value is -2.42. The molecule has 0 saturated heterocycles. The summed E-state index contributed by atoms with van der Waals surface area (Å²) in [5.41, 5.74) is -0.103. The van der Waals surface area contributed by atoms with Crippen LogP contribution in [0.2, 0.25) is 0 Å². The molecule has 0 N–H and O–H groups in total. The van der Waals surface area contributed by atoms with Crippen molar-refractivity contribution >= 4 is 21.6 Å². The first-order valence-electron chi connectivity index (χ1n) is 5.62. The molecular weight excluding hydrogens is 346 g/mol. The fourth-order valence-electron chi connectivity index (χ4n) is 1.48. The average Bonchev–Trinajstić information content (AvgIpc) is 2.49. The highest BCUT2D eigenvalue weighted by Crippen LogP contribution is 2.34. The van der Waals surface area contributed by atoms with Gasteiger partial charge in [-0.15, -0.1) is 0 Å². The molecule has 0 fully saturated rings. The molecule has 0 amide bonds. The summed E-state index contributed by atoms with van der Waals surface area (Å²) in [6.07, 6.45) is 1.47. The van der Waals surface area contributed by atoms with Crippen molar-refractivity contribution in [2.24, 2.45) is 0 Å². The van der Waals surface area contributed by atoms with Crippen molar-refractivity contribution in [3.8, 4) is 23.4 Å². The van der Waals surface area contributed by atoms with E-state index in [-0.39, 0.29) is 23.2 Å². The number of hydrogen-bond donors (Lipinski definition) is 0. The number of nitro benzene ring substituents is 1. The molecule has 0 aliphatic heterocycles. The SMILES string of the molecule is COc1cc([N+](=O)[O-])ccc1Oc1ncc(Br)c(OC)n1. The van der Waals surface area contributed by atoms with Crippen LogP contribution in [-0.2, 0) is 0 Å². The maximum absolute atomic E-state index is 10.7. The van der Waals surface area contributed by atoms with E-state index in [1.165, 1.54) is 38.6 Å². The van der Waals surface area contributed by atoms with Gasteiger partial charge in [0.1, 0.15) is 0 Å². The van der Waals surface area contributed by atoms with E-state index in [0.717, 1.165) is 0 Å². The van der Waals surface area contributed by atoms with E-state index in [2.05, 4.69) is 25.9 Å². The van der Waals surface area contributed by atoms with Crippen molar-refractivity contribution in [1.82, 2.24) is 9.97 Å². The van der Waals surface area contributed by atoms with Gasteiger partial charge in [0.05, 0.1) is 35.9 Å². The Morgan fingerprint density at radius 1 is 1.24 bits per heavy atom. The third-order valence-electron chi connectivity index (χ3n) is 2.44. The third-order valence-corrected chi connectivity index (χ3v) is 2.99. The molecule has 0 aliphatic carbocycles. The number of methoxy groups -OCH3 is 2. The molecule has 0 bridgehead atoms. The first-order valence-corrected chi connectivity index (χ1v) is 6.41. The number of halogens is 1. The van der Waals surface area contributed by atoms with Crippen LogP contribution in [0.3, 0.4) is 0 Å². The van der Waals surface area contributed by atoms with Gasteiger partial charge in [0.2, 0.25) is 5.88 Å². The Labute approximate surface area is 128 Å². The lowest BCUT2D eigenvalue weighted by atomic mass is 10.3.